The Hall–Kier alpha value is -3.64. The molecule has 0 saturated heterocycles. The standard InChI is InChI=1S/C25H23Cl2FN8OS/c1-34(2)9-10-35-15-31-33-24(35)22-13-19(7-8-30-22)37-23-6-5-18(12-21(23)28)36(25(29)38)32-14-16-3-4-17(26)11-20(16)27/h3-8,11-15H,9-10H2,1-2H3,(H2,29,38)/b32-14+. The van der Waals surface area contributed by atoms with Gasteiger partial charge in [-0.2, -0.15) is 5.10 Å². The fourth-order valence-corrected chi connectivity index (χ4v) is 3.94. The van der Waals surface area contributed by atoms with Gasteiger partial charge < -0.3 is 19.9 Å². The van der Waals surface area contributed by atoms with Crippen molar-refractivity contribution in [3.05, 3.63) is 82.5 Å². The van der Waals surface area contributed by atoms with Gasteiger partial charge in [-0.1, -0.05) is 29.3 Å². The number of aromatic nitrogens is 4. The summed E-state index contributed by atoms with van der Waals surface area (Å²) in [7, 11) is 3.97. The summed E-state index contributed by atoms with van der Waals surface area (Å²) in [5.41, 5.74) is 7.27. The average Bonchev–Trinajstić information content (AvgIpc) is 3.34. The van der Waals surface area contributed by atoms with Gasteiger partial charge in [-0.05, 0) is 56.6 Å². The highest BCUT2D eigenvalue weighted by Gasteiger charge is 2.15. The lowest BCUT2D eigenvalue weighted by atomic mass is 10.2. The van der Waals surface area contributed by atoms with E-state index in [-0.39, 0.29) is 10.9 Å². The number of rotatable bonds is 9. The Labute approximate surface area is 234 Å². The Morgan fingerprint density at radius 2 is 2.00 bits per heavy atom. The molecule has 0 aliphatic rings. The largest absolute Gasteiger partial charge is 0.454 e. The summed E-state index contributed by atoms with van der Waals surface area (Å²) in [5, 5.41) is 14.4. The van der Waals surface area contributed by atoms with Gasteiger partial charge in [0.1, 0.15) is 17.8 Å². The number of hydrogen-bond donors (Lipinski definition) is 1. The Kier molecular flexibility index (Phi) is 8.85. The molecule has 0 amide bonds. The molecule has 0 fully saturated rings. The maximum atomic E-state index is 15.1. The molecule has 0 bridgehead atoms. The van der Waals surface area contributed by atoms with E-state index in [9.17, 15) is 0 Å². The molecule has 13 heteroatoms. The molecule has 2 aromatic carbocycles. The number of pyridine rings is 1. The first-order valence-corrected chi connectivity index (χ1v) is 12.4. The number of halogens is 3. The first-order valence-electron chi connectivity index (χ1n) is 11.3. The summed E-state index contributed by atoms with van der Waals surface area (Å²) in [4.78, 5) is 6.42. The van der Waals surface area contributed by atoms with Crippen molar-refractivity contribution in [1.82, 2.24) is 24.6 Å². The van der Waals surface area contributed by atoms with E-state index in [4.69, 9.17) is 45.9 Å². The van der Waals surface area contributed by atoms with E-state index in [1.54, 1.807) is 48.9 Å². The molecule has 0 aliphatic carbocycles. The van der Waals surface area contributed by atoms with E-state index in [1.807, 2.05) is 18.7 Å². The molecule has 0 radical (unpaired) electrons. The molecule has 2 aromatic heterocycles. The van der Waals surface area contributed by atoms with Gasteiger partial charge in [0.25, 0.3) is 0 Å². The van der Waals surface area contributed by atoms with E-state index in [0.29, 0.717) is 45.1 Å². The van der Waals surface area contributed by atoms with Crippen LogP contribution in [0.1, 0.15) is 5.56 Å². The monoisotopic (exact) mass is 572 g/mol. The lowest BCUT2D eigenvalue weighted by Crippen LogP contribution is -2.31. The van der Waals surface area contributed by atoms with Crippen LogP contribution in [-0.2, 0) is 6.54 Å². The minimum absolute atomic E-state index is 0.00686. The number of ether oxygens (including phenoxy) is 1. The predicted molar refractivity (Wildman–Crippen MR) is 152 cm³/mol. The normalized spacial score (nSPS) is 11.3. The van der Waals surface area contributed by atoms with Gasteiger partial charge in [-0.3, -0.25) is 4.98 Å². The second-order valence-electron chi connectivity index (χ2n) is 8.31. The van der Waals surface area contributed by atoms with Gasteiger partial charge in [0, 0.05) is 42.0 Å². The second kappa shape index (κ2) is 12.3. The maximum absolute atomic E-state index is 15.1. The number of anilines is 1. The Balaban J connectivity index is 1.53. The molecule has 196 valence electrons. The Morgan fingerprint density at radius 3 is 2.71 bits per heavy atom. The molecule has 0 saturated carbocycles. The van der Waals surface area contributed by atoms with Gasteiger partial charge >= 0.3 is 0 Å². The smallest absolute Gasteiger partial charge is 0.191 e. The van der Waals surface area contributed by atoms with Crippen molar-refractivity contribution in [3.8, 4) is 23.0 Å². The number of nitrogens with zero attached hydrogens (tertiary/aromatic N) is 7. The van der Waals surface area contributed by atoms with E-state index in [2.05, 4.69) is 25.2 Å². The zero-order chi connectivity index (χ0) is 27.2. The van der Waals surface area contributed by atoms with Gasteiger partial charge in [0.15, 0.2) is 22.5 Å². The molecule has 0 atom stereocenters. The van der Waals surface area contributed by atoms with E-state index in [0.717, 1.165) is 6.54 Å². The van der Waals surface area contributed by atoms with Crippen LogP contribution in [0.4, 0.5) is 10.1 Å². The highest BCUT2D eigenvalue weighted by Crippen LogP contribution is 2.30. The van der Waals surface area contributed by atoms with Crippen molar-refractivity contribution in [2.24, 2.45) is 10.8 Å². The molecule has 38 heavy (non-hydrogen) atoms. The number of hydrazone groups is 1. The molecule has 0 unspecified atom stereocenters. The third kappa shape index (κ3) is 6.81. The van der Waals surface area contributed by atoms with Crippen LogP contribution in [-0.4, -0.2) is 56.6 Å². The fourth-order valence-electron chi connectivity index (χ4n) is 3.33. The summed E-state index contributed by atoms with van der Waals surface area (Å²) in [5.74, 6) is 0.313. The van der Waals surface area contributed by atoms with Crippen LogP contribution in [0.5, 0.6) is 11.5 Å². The van der Waals surface area contributed by atoms with Crippen LogP contribution in [0.25, 0.3) is 11.5 Å². The summed E-state index contributed by atoms with van der Waals surface area (Å²) >= 11 is 17.2. The Morgan fingerprint density at radius 1 is 1.18 bits per heavy atom. The predicted octanol–water partition coefficient (Wildman–Crippen LogP) is 5.22. The van der Waals surface area contributed by atoms with Gasteiger partial charge in [-0.25, -0.2) is 9.40 Å². The van der Waals surface area contributed by atoms with Crippen molar-refractivity contribution in [2.45, 2.75) is 6.54 Å². The molecule has 0 spiro atoms. The minimum atomic E-state index is -0.643. The first-order chi connectivity index (χ1) is 18.2. The van der Waals surface area contributed by atoms with E-state index in [1.165, 1.54) is 23.4 Å². The summed E-state index contributed by atoms with van der Waals surface area (Å²) in [6.45, 7) is 1.49. The molecule has 2 N–H and O–H groups in total. The van der Waals surface area contributed by atoms with Gasteiger partial charge in [0.2, 0.25) is 0 Å². The van der Waals surface area contributed by atoms with Crippen LogP contribution in [0, 0.1) is 5.82 Å². The van der Waals surface area contributed by atoms with Gasteiger partial charge in [0.05, 0.1) is 16.9 Å². The van der Waals surface area contributed by atoms with E-state index >= 15 is 4.39 Å². The lowest BCUT2D eigenvalue weighted by Gasteiger charge is -2.18. The number of nitrogens with two attached hydrogens (primary N) is 1. The minimum Gasteiger partial charge on any atom is -0.454 e. The van der Waals surface area contributed by atoms with Crippen molar-refractivity contribution < 1.29 is 9.13 Å². The first kappa shape index (κ1) is 27.4. The quantitative estimate of drug-likeness (QED) is 0.165. The second-order valence-corrected chi connectivity index (χ2v) is 9.57. The van der Waals surface area contributed by atoms with Crippen molar-refractivity contribution >= 4 is 52.4 Å². The topological polar surface area (TPSA) is 97.7 Å². The Bertz CT molecular complexity index is 1480. The zero-order valence-electron chi connectivity index (χ0n) is 20.4. The van der Waals surface area contributed by atoms with Crippen LogP contribution in [0.15, 0.2) is 66.2 Å². The van der Waals surface area contributed by atoms with E-state index < -0.39 is 5.82 Å². The number of benzene rings is 2. The number of likely N-dealkylation sites (N-methyl/N-ethyl adjacent to an activating group) is 1. The maximum Gasteiger partial charge on any atom is 0.191 e. The molecule has 4 aromatic rings. The highest BCUT2D eigenvalue weighted by molar-refractivity contribution is 7.80. The summed E-state index contributed by atoms with van der Waals surface area (Å²) in [6.07, 6.45) is 4.66. The molecular formula is C25H23Cl2FN8OS. The highest BCUT2D eigenvalue weighted by atomic mass is 35.5. The van der Waals surface area contributed by atoms with Crippen LogP contribution in [0.2, 0.25) is 10.0 Å². The summed E-state index contributed by atoms with van der Waals surface area (Å²) < 4.78 is 22.8. The molecule has 4 rings (SSSR count). The fraction of sp³-hybridized carbons (Fsp3) is 0.160. The third-order valence-corrected chi connectivity index (χ3v) is 5.97. The average molecular weight is 573 g/mol. The molecule has 9 nitrogen and oxygen atoms in total. The van der Waals surface area contributed by atoms with Gasteiger partial charge in [-0.15, -0.1) is 10.2 Å². The lowest BCUT2D eigenvalue weighted by molar-refractivity contribution is 0.384. The van der Waals surface area contributed by atoms with Crippen molar-refractivity contribution in [2.75, 3.05) is 25.6 Å². The van der Waals surface area contributed by atoms with Crippen LogP contribution in [0.3, 0.4) is 0 Å². The van der Waals surface area contributed by atoms with Crippen LogP contribution < -0.4 is 15.5 Å². The third-order valence-electron chi connectivity index (χ3n) is 5.24. The number of hydrogen-bond acceptors (Lipinski definition) is 7. The number of thiocarbonyl (C=S) groups is 1. The zero-order valence-corrected chi connectivity index (χ0v) is 22.8. The van der Waals surface area contributed by atoms with Crippen LogP contribution >= 0.6 is 35.4 Å². The molecule has 0 aliphatic heterocycles. The van der Waals surface area contributed by atoms with Crippen molar-refractivity contribution in [3.63, 3.8) is 0 Å². The van der Waals surface area contributed by atoms with Crippen molar-refractivity contribution in [1.29, 1.82) is 0 Å². The molecular weight excluding hydrogens is 550 g/mol. The molecule has 2 heterocycles. The summed E-state index contributed by atoms with van der Waals surface area (Å²) in [6, 6.07) is 12.5. The SMILES string of the molecule is CN(C)CCn1cnnc1-c1cc(Oc2ccc(N(/N=C/c3ccc(Cl)cc3Cl)C(N)=S)cc2F)ccn1.